The van der Waals surface area contributed by atoms with Crippen LogP contribution in [0.5, 0.6) is 0 Å². The van der Waals surface area contributed by atoms with E-state index >= 15 is 0 Å². The van der Waals surface area contributed by atoms with Gasteiger partial charge in [0.1, 0.15) is 0 Å². The Labute approximate surface area is 196 Å². The van der Waals surface area contributed by atoms with Gasteiger partial charge in [0.25, 0.3) is 15.9 Å². The molecule has 0 saturated heterocycles. The van der Waals surface area contributed by atoms with Crippen LogP contribution in [0.15, 0.2) is 53.4 Å². The molecule has 0 unspecified atom stereocenters. The van der Waals surface area contributed by atoms with E-state index in [4.69, 9.17) is 11.6 Å². The molecule has 33 heavy (non-hydrogen) atoms. The van der Waals surface area contributed by atoms with Crippen LogP contribution in [0.3, 0.4) is 0 Å². The zero-order valence-electron chi connectivity index (χ0n) is 18.5. The quantitative estimate of drug-likeness (QED) is 0.431. The van der Waals surface area contributed by atoms with E-state index in [0.29, 0.717) is 49.9 Å². The van der Waals surface area contributed by atoms with Gasteiger partial charge < -0.3 is 5.32 Å². The van der Waals surface area contributed by atoms with E-state index in [1.54, 1.807) is 62.0 Å². The predicted octanol–water partition coefficient (Wildman–Crippen LogP) is 4.60. The third-order valence-corrected chi connectivity index (χ3v) is 6.91. The molecule has 170 valence electrons. The second kappa shape index (κ2) is 8.49. The number of hydrogen-bond acceptors (Lipinski definition) is 5. The SMILES string of the molecule is Cc1cc(C(=O)Nc2ccc(C)c(S(=O)(=O)Nc3cccc(Cl)c3)c2)c2c(C)nn(C)c2n1. The van der Waals surface area contributed by atoms with Crippen molar-refractivity contribution in [3.8, 4) is 0 Å². The highest BCUT2D eigenvalue weighted by atomic mass is 35.5. The van der Waals surface area contributed by atoms with Crippen LogP contribution in [-0.2, 0) is 17.1 Å². The predicted molar refractivity (Wildman–Crippen MR) is 129 cm³/mol. The average Bonchev–Trinajstić information content (AvgIpc) is 3.01. The second-order valence-electron chi connectivity index (χ2n) is 7.77. The van der Waals surface area contributed by atoms with Gasteiger partial charge in [0.05, 0.1) is 27.2 Å². The van der Waals surface area contributed by atoms with E-state index in [2.05, 4.69) is 20.1 Å². The molecule has 10 heteroatoms. The molecule has 4 aromatic rings. The largest absolute Gasteiger partial charge is 0.322 e. The lowest BCUT2D eigenvalue weighted by molar-refractivity contribution is 0.102. The maximum Gasteiger partial charge on any atom is 0.262 e. The number of aromatic nitrogens is 3. The van der Waals surface area contributed by atoms with Gasteiger partial charge in [-0.2, -0.15) is 5.10 Å². The van der Waals surface area contributed by atoms with Gasteiger partial charge in [-0.15, -0.1) is 0 Å². The van der Waals surface area contributed by atoms with Crippen molar-refractivity contribution < 1.29 is 13.2 Å². The van der Waals surface area contributed by atoms with Crippen LogP contribution >= 0.6 is 11.6 Å². The zero-order valence-corrected chi connectivity index (χ0v) is 20.0. The van der Waals surface area contributed by atoms with Crippen LogP contribution in [0.1, 0.15) is 27.3 Å². The number of halogens is 1. The molecule has 2 N–H and O–H groups in total. The third-order valence-electron chi connectivity index (χ3n) is 5.15. The lowest BCUT2D eigenvalue weighted by Crippen LogP contribution is -2.16. The number of nitrogens with one attached hydrogen (secondary N) is 2. The molecule has 0 fully saturated rings. The molecule has 1 amide bonds. The van der Waals surface area contributed by atoms with Crippen molar-refractivity contribution in [3.05, 3.63) is 76.1 Å². The maximum absolute atomic E-state index is 13.2. The summed E-state index contributed by atoms with van der Waals surface area (Å²) in [5.74, 6) is -0.378. The van der Waals surface area contributed by atoms with Crippen molar-refractivity contribution >= 4 is 49.9 Å². The standard InChI is InChI=1S/C23H22ClN5O3S/c1-13-8-9-17(12-20(13)33(31,32)28-18-7-5-6-16(24)11-18)26-23(30)19-10-14(2)25-22-21(19)15(3)27-29(22)4/h5-12,28H,1-4H3,(H,26,30). The van der Waals surface area contributed by atoms with Crippen LogP contribution in [0.2, 0.25) is 5.02 Å². The number of carbonyl (C=O) groups is 1. The minimum Gasteiger partial charge on any atom is -0.322 e. The van der Waals surface area contributed by atoms with Crippen molar-refractivity contribution in [3.63, 3.8) is 0 Å². The number of rotatable bonds is 5. The fourth-order valence-corrected chi connectivity index (χ4v) is 5.19. The number of pyridine rings is 1. The fourth-order valence-electron chi connectivity index (χ4n) is 3.68. The molecule has 2 aromatic heterocycles. The number of benzene rings is 2. The summed E-state index contributed by atoms with van der Waals surface area (Å²) in [4.78, 5) is 17.7. The number of carbonyl (C=O) groups excluding carboxylic acids is 1. The van der Waals surface area contributed by atoms with Gasteiger partial charge >= 0.3 is 0 Å². The van der Waals surface area contributed by atoms with Crippen LogP contribution in [0, 0.1) is 20.8 Å². The van der Waals surface area contributed by atoms with Crippen molar-refractivity contribution in [2.75, 3.05) is 10.0 Å². The van der Waals surface area contributed by atoms with Crippen molar-refractivity contribution in [2.24, 2.45) is 7.05 Å². The van der Waals surface area contributed by atoms with E-state index in [-0.39, 0.29) is 10.8 Å². The van der Waals surface area contributed by atoms with Crippen LogP contribution in [0.25, 0.3) is 11.0 Å². The van der Waals surface area contributed by atoms with Gasteiger partial charge in [-0.25, -0.2) is 13.4 Å². The number of aryl methyl sites for hydroxylation is 4. The Hall–Kier alpha value is -3.43. The van der Waals surface area contributed by atoms with Crippen LogP contribution in [0.4, 0.5) is 11.4 Å². The van der Waals surface area contributed by atoms with Crippen molar-refractivity contribution in [1.29, 1.82) is 0 Å². The van der Waals surface area contributed by atoms with E-state index in [1.807, 2.05) is 6.92 Å². The normalized spacial score (nSPS) is 11.5. The molecule has 0 aliphatic rings. The van der Waals surface area contributed by atoms with Crippen molar-refractivity contribution in [2.45, 2.75) is 25.7 Å². The lowest BCUT2D eigenvalue weighted by atomic mass is 10.1. The smallest absolute Gasteiger partial charge is 0.262 e. The first-order valence-electron chi connectivity index (χ1n) is 10.1. The summed E-state index contributed by atoms with van der Waals surface area (Å²) in [5, 5.41) is 8.24. The summed E-state index contributed by atoms with van der Waals surface area (Å²) in [6.45, 7) is 5.30. The van der Waals surface area contributed by atoms with Crippen LogP contribution in [-0.4, -0.2) is 29.1 Å². The molecule has 4 rings (SSSR count). The molecule has 2 heterocycles. The lowest BCUT2D eigenvalue weighted by Gasteiger charge is -2.13. The van der Waals surface area contributed by atoms with Gasteiger partial charge in [0.2, 0.25) is 0 Å². The van der Waals surface area contributed by atoms with Gasteiger partial charge in [-0.3, -0.25) is 14.2 Å². The molecule has 0 aliphatic heterocycles. The Kier molecular flexibility index (Phi) is 5.85. The third kappa shape index (κ3) is 4.55. The first-order chi connectivity index (χ1) is 15.5. The van der Waals surface area contributed by atoms with E-state index in [9.17, 15) is 13.2 Å². The number of anilines is 2. The highest BCUT2D eigenvalue weighted by Crippen LogP contribution is 2.26. The number of amides is 1. The average molecular weight is 484 g/mol. The molecule has 2 aromatic carbocycles. The Morgan fingerprint density at radius 1 is 1.03 bits per heavy atom. The first-order valence-corrected chi connectivity index (χ1v) is 11.9. The van der Waals surface area contributed by atoms with E-state index in [1.165, 1.54) is 12.1 Å². The Morgan fingerprint density at radius 2 is 1.79 bits per heavy atom. The highest BCUT2D eigenvalue weighted by Gasteiger charge is 2.21. The number of hydrogen-bond donors (Lipinski definition) is 2. The molecular formula is C23H22ClN5O3S. The molecule has 8 nitrogen and oxygen atoms in total. The minimum absolute atomic E-state index is 0.0499. The van der Waals surface area contributed by atoms with E-state index in [0.717, 1.165) is 0 Å². The molecule has 0 spiro atoms. The van der Waals surface area contributed by atoms with Gasteiger partial charge in [-0.05, 0) is 62.7 Å². The Bertz CT molecular complexity index is 1510. The first kappa shape index (κ1) is 22.8. The van der Waals surface area contributed by atoms with Crippen molar-refractivity contribution in [1.82, 2.24) is 14.8 Å². The summed E-state index contributed by atoms with van der Waals surface area (Å²) in [6.07, 6.45) is 0. The minimum atomic E-state index is -3.91. The second-order valence-corrected chi connectivity index (χ2v) is 9.86. The summed E-state index contributed by atoms with van der Waals surface area (Å²) in [6, 6.07) is 12.9. The maximum atomic E-state index is 13.2. The molecule has 0 aliphatic carbocycles. The van der Waals surface area contributed by atoms with Crippen LogP contribution < -0.4 is 10.0 Å². The summed E-state index contributed by atoms with van der Waals surface area (Å²) >= 11 is 5.96. The monoisotopic (exact) mass is 483 g/mol. The number of fused-ring (bicyclic) bond motifs is 1. The Balaban J connectivity index is 1.68. The Morgan fingerprint density at radius 3 is 2.52 bits per heavy atom. The summed E-state index contributed by atoms with van der Waals surface area (Å²) in [5.41, 5.74) is 3.62. The summed E-state index contributed by atoms with van der Waals surface area (Å²) in [7, 11) is -2.14. The number of sulfonamides is 1. The molecule has 0 saturated carbocycles. The number of nitrogens with zero attached hydrogens (tertiary/aromatic N) is 3. The molecule has 0 radical (unpaired) electrons. The molecule has 0 bridgehead atoms. The summed E-state index contributed by atoms with van der Waals surface area (Å²) < 4.78 is 30.2. The molecular weight excluding hydrogens is 462 g/mol. The van der Waals surface area contributed by atoms with Gasteiger partial charge in [0, 0.05) is 23.5 Å². The fraction of sp³-hybridized carbons (Fsp3) is 0.174. The molecule has 0 atom stereocenters. The van der Waals surface area contributed by atoms with Gasteiger partial charge in [0.15, 0.2) is 5.65 Å². The van der Waals surface area contributed by atoms with Gasteiger partial charge in [-0.1, -0.05) is 23.7 Å². The topological polar surface area (TPSA) is 106 Å². The zero-order chi connectivity index (χ0) is 23.9. The highest BCUT2D eigenvalue weighted by molar-refractivity contribution is 7.92. The van der Waals surface area contributed by atoms with E-state index < -0.39 is 10.0 Å².